The Morgan fingerprint density at radius 1 is 1.22 bits per heavy atom. The molecule has 1 saturated carbocycles. The van der Waals surface area contributed by atoms with Gasteiger partial charge in [-0.15, -0.1) is 0 Å². The van der Waals surface area contributed by atoms with E-state index in [0.717, 1.165) is 29.4 Å². The van der Waals surface area contributed by atoms with E-state index in [-0.39, 0.29) is 17.1 Å². The van der Waals surface area contributed by atoms with Crippen molar-refractivity contribution in [1.82, 2.24) is 9.13 Å². The van der Waals surface area contributed by atoms with Crippen LogP contribution in [0, 0.1) is 5.82 Å². The van der Waals surface area contributed by atoms with Crippen LogP contribution in [0.3, 0.4) is 0 Å². The molecule has 23 heavy (non-hydrogen) atoms. The van der Waals surface area contributed by atoms with Crippen LogP contribution in [0.25, 0.3) is 17.1 Å². The zero-order valence-corrected chi connectivity index (χ0v) is 12.5. The number of pyridine rings is 1. The van der Waals surface area contributed by atoms with E-state index >= 15 is 0 Å². The van der Waals surface area contributed by atoms with Gasteiger partial charge in [-0.1, -0.05) is 5.57 Å². The van der Waals surface area contributed by atoms with E-state index in [1.54, 1.807) is 29.0 Å². The molecule has 2 heterocycles. The van der Waals surface area contributed by atoms with Crippen LogP contribution in [0.5, 0.6) is 0 Å². The molecule has 0 saturated heterocycles. The molecule has 0 radical (unpaired) electrons. The molecule has 2 N–H and O–H groups in total. The minimum atomic E-state index is -0.263. The highest BCUT2D eigenvalue weighted by Gasteiger charge is 2.15. The summed E-state index contributed by atoms with van der Waals surface area (Å²) in [6, 6.07) is 10.0. The van der Waals surface area contributed by atoms with Gasteiger partial charge < -0.3 is 14.9 Å². The average Bonchev–Trinajstić information content (AvgIpc) is 3.27. The SMILES string of the molecule is Nc1cccn(Cc2cc3cc(F)ccc3n2C=C2CC2)c1=O. The Morgan fingerprint density at radius 2 is 2.04 bits per heavy atom. The molecule has 0 unspecified atom stereocenters. The molecule has 4 nitrogen and oxygen atoms in total. The van der Waals surface area contributed by atoms with E-state index in [1.807, 2.05) is 10.6 Å². The first kappa shape index (κ1) is 13.8. The van der Waals surface area contributed by atoms with Gasteiger partial charge in [-0.05, 0) is 49.2 Å². The van der Waals surface area contributed by atoms with Crippen LogP contribution in [0.1, 0.15) is 18.5 Å². The lowest BCUT2D eigenvalue weighted by Gasteiger charge is -2.09. The number of benzene rings is 1. The maximum absolute atomic E-state index is 13.5. The molecule has 5 heteroatoms. The number of rotatable bonds is 3. The third kappa shape index (κ3) is 2.54. The Hall–Kier alpha value is -2.82. The number of halogens is 1. The lowest BCUT2D eigenvalue weighted by atomic mass is 10.2. The fraction of sp³-hybridized carbons (Fsp3) is 0.167. The smallest absolute Gasteiger partial charge is 0.274 e. The third-order valence-corrected chi connectivity index (χ3v) is 4.11. The number of fused-ring (bicyclic) bond motifs is 1. The number of anilines is 1. The Morgan fingerprint density at radius 3 is 2.83 bits per heavy atom. The number of hydrogen-bond donors (Lipinski definition) is 1. The Bertz CT molecular complexity index is 991. The van der Waals surface area contributed by atoms with Crippen molar-refractivity contribution in [2.75, 3.05) is 5.73 Å². The third-order valence-electron chi connectivity index (χ3n) is 4.11. The number of nitrogen functional groups attached to an aromatic ring is 1. The van der Waals surface area contributed by atoms with Gasteiger partial charge in [0.25, 0.3) is 5.56 Å². The minimum Gasteiger partial charge on any atom is -0.394 e. The lowest BCUT2D eigenvalue weighted by molar-refractivity contribution is 0.629. The van der Waals surface area contributed by atoms with Crippen LogP contribution in [-0.2, 0) is 6.54 Å². The highest BCUT2D eigenvalue weighted by Crippen LogP contribution is 2.31. The van der Waals surface area contributed by atoms with Crippen molar-refractivity contribution in [3.05, 3.63) is 70.0 Å². The number of nitrogens with zero attached hydrogens (tertiary/aromatic N) is 2. The molecule has 0 spiro atoms. The van der Waals surface area contributed by atoms with Crippen molar-refractivity contribution in [2.45, 2.75) is 19.4 Å². The fourth-order valence-electron chi connectivity index (χ4n) is 2.78. The second-order valence-corrected chi connectivity index (χ2v) is 5.89. The van der Waals surface area contributed by atoms with E-state index in [0.29, 0.717) is 6.54 Å². The molecular weight excluding hydrogens is 293 g/mol. The van der Waals surface area contributed by atoms with Gasteiger partial charge in [-0.25, -0.2) is 4.39 Å². The summed E-state index contributed by atoms with van der Waals surface area (Å²) >= 11 is 0. The van der Waals surface area contributed by atoms with Gasteiger partial charge in [0.15, 0.2) is 0 Å². The Balaban J connectivity index is 1.87. The van der Waals surface area contributed by atoms with Crippen molar-refractivity contribution in [3.63, 3.8) is 0 Å². The molecule has 1 fully saturated rings. The predicted octanol–water partition coefficient (Wildman–Crippen LogP) is 3.21. The first-order chi connectivity index (χ1) is 11.1. The lowest BCUT2D eigenvalue weighted by Crippen LogP contribution is -2.23. The second-order valence-electron chi connectivity index (χ2n) is 5.89. The number of allylic oxidation sites excluding steroid dienone is 1. The van der Waals surface area contributed by atoms with Gasteiger partial charge in [-0.2, -0.15) is 0 Å². The largest absolute Gasteiger partial charge is 0.394 e. The molecule has 1 aliphatic rings. The second kappa shape index (κ2) is 5.12. The molecule has 0 aliphatic heterocycles. The van der Waals surface area contributed by atoms with Crippen LogP contribution in [0.2, 0.25) is 0 Å². The van der Waals surface area contributed by atoms with Gasteiger partial charge in [0.05, 0.1) is 17.7 Å². The van der Waals surface area contributed by atoms with Crippen LogP contribution in [0.15, 0.2) is 53.0 Å². The summed E-state index contributed by atoms with van der Waals surface area (Å²) in [5.41, 5.74) is 8.93. The zero-order chi connectivity index (χ0) is 16.0. The average molecular weight is 309 g/mol. The summed E-state index contributed by atoms with van der Waals surface area (Å²) in [5, 5.41) is 0.828. The van der Waals surface area contributed by atoms with Crippen molar-refractivity contribution in [2.24, 2.45) is 0 Å². The molecule has 0 bridgehead atoms. The standard InChI is InChI=1S/C18H16FN3O/c19-14-5-6-17-13(8-14)9-15(22(17)10-12-3-4-12)11-21-7-1-2-16(20)18(21)23/h1-2,5-10H,3-4,11,20H2. The maximum atomic E-state index is 13.5. The monoisotopic (exact) mass is 309 g/mol. The van der Waals surface area contributed by atoms with Crippen molar-refractivity contribution in [1.29, 1.82) is 0 Å². The van der Waals surface area contributed by atoms with Crippen molar-refractivity contribution >= 4 is 22.8 Å². The zero-order valence-electron chi connectivity index (χ0n) is 12.5. The molecule has 3 aromatic rings. The van der Waals surface area contributed by atoms with Gasteiger partial charge in [0.1, 0.15) is 5.82 Å². The molecule has 1 aromatic carbocycles. The number of nitrogens with two attached hydrogens (primary N) is 1. The van der Waals surface area contributed by atoms with Gasteiger partial charge in [0.2, 0.25) is 0 Å². The summed E-state index contributed by atoms with van der Waals surface area (Å²) < 4.78 is 17.1. The maximum Gasteiger partial charge on any atom is 0.274 e. The summed E-state index contributed by atoms with van der Waals surface area (Å²) in [6.45, 7) is 0.393. The highest BCUT2D eigenvalue weighted by molar-refractivity contribution is 5.83. The summed E-state index contributed by atoms with van der Waals surface area (Å²) in [5.74, 6) is -0.263. The Kier molecular flexibility index (Phi) is 3.08. The van der Waals surface area contributed by atoms with Gasteiger partial charge in [0, 0.05) is 23.5 Å². The number of aromatic nitrogens is 2. The van der Waals surface area contributed by atoms with Crippen LogP contribution in [-0.4, -0.2) is 9.13 Å². The normalized spacial score (nSPS) is 13.5. The quantitative estimate of drug-likeness (QED) is 0.807. The number of hydrogen-bond acceptors (Lipinski definition) is 2. The summed E-state index contributed by atoms with van der Waals surface area (Å²) in [4.78, 5) is 12.1. The van der Waals surface area contributed by atoms with Crippen LogP contribution in [0.4, 0.5) is 10.1 Å². The first-order valence-corrected chi connectivity index (χ1v) is 7.56. The minimum absolute atomic E-state index is 0.213. The molecule has 1 aliphatic carbocycles. The first-order valence-electron chi connectivity index (χ1n) is 7.56. The van der Waals surface area contributed by atoms with Gasteiger partial charge >= 0.3 is 0 Å². The Labute approximate surface area is 132 Å². The molecule has 0 amide bonds. The van der Waals surface area contributed by atoms with E-state index in [1.165, 1.54) is 17.7 Å². The molecule has 4 rings (SSSR count). The highest BCUT2D eigenvalue weighted by atomic mass is 19.1. The topological polar surface area (TPSA) is 52.9 Å². The van der Waals surface area contributed by atoms with Crippen LogP contribution >= 0.6 is 0 Å². The molecule has 2 aromatic heterocycles. The molecule has 116 valence electrons. The van der Waals surface area contributed by atoms with Crippen molar-refractivity contribution in [3.8, 4) is 0 Å². The molecule has 0 atom stereocenters. The van der Waals surface area contributed by atoms with Gasteiger partial charge in [-0.3, -0.25) is 4.79 Å². The van der Waals surface area contributed by atoms with E-state index < -0.39 is 0 Å². The van der Waals surface area contributed by atoms with E-state index in [9.17, 15) is 9.18 Å². The van der Waals surface area contributed by atoms with E-state index in [2.05, 4.69) is 6.20 Å². The molecular formula is C18H16FN3O. The fourth-order valence-corrected chi connectivity index (χ4v) is 2.78. The summed E-state index contributed by atoms with van der Waals surface area (Å²) in [7, 11) is 0. The van der Waals surface area contributed by atoms with Crippen molar-refractivity contribution < 1.29 is 4.39 Å². The predicted molar refractivity (Wildman–Crippen MR) is 89.6 cm³/mol. The van der Waals surface area contributed by atoms with Crippen LogP contribution < -0.4 is 11.3 Å². The summed E-state index contributed by atoms with van der Waals surface area (Å²) in [6.07, 6.45) is 6.00. The van der Waals surface area contributed by atoms with E-state index in [4.69, 9.17) is 5.73 Å².